The van der Waals surface area contributed by atoms with Crippen molar-refractivity contribution in [2.45, 2.75) is 6.92 Å². The largest absolute Gasteiger partial charge is 0.494 e. The van der Waals surface area contributed by atoms with Gasteiger partial charge in [-0.25, -0.2) is 28.4 Å². The molecule has 4 rings (SSSR count). The van der Waals surface area contributed by atoms with E-state index in [2.05, 4.69) is 24.7 Å². The van der Waals surface area contributed by atoms with E-state index < -0.39 is 10.0 Å². The summed E-state index contributed by atoms with van der Waals surface area (Å²) in [5.41, 5.74) is 1.56. The molecule has 34 heavy (non-hydrogen) atoms. The molecule has 0 aliphatic carbocycles. The molecular weight excluding hydrogens is 473 g/mol. The summed E-state index contributed by atoms with van der Waals surface area (Å²) in [4.78, 5) is 18.0. The Morgan fingerprint density at radius 2 is 1.68 bits per heavy atom. The van der Waals surface area contributed by atoms with Crippen molar-refractivity contribution in [3.63, 3.8) is 0 Å². The van der Waals surface area contributed by atoms with Crippen molar-refractivity contribution in [3.8, 4) is 34.6 Å². The first-order valence-electron chi connectivity index (χ1n) is 9.89. The Kier molecular flexibility index (Phi) is 7.79. The highest BCUT2D eigenvalue weighted by atomic mass is 32.2. The molecule has 0 unspecified atom stereocenters. The Bertz CT molecular complexity index is 1400. The zero-order chi connectivity index (χ0) is 23.6. The zero-order valence-electron chi connectivity index (χ0n) is 19.1. The van der Waals surface area contributed by atoms with Gasteiger partial charge < -0.3 is 14.2 Å². The predicted octanol–water partition coefficient (Wildman–Crippen LogP) is 2.28. The second kappa shape index (κ2) is 10.4. The molecule has 0 fully saturated rings. The van der Waals surface area contributed by atoms with Gasteiger partial charge in [0.15, 0.2) is 22.9 Å². The molecule has 3 aromatic heterocycles. The fourth-order valence-electron chi connectivity index (χ4n) is 3.29. The SMILES string of the molecule is CCOc1cccc(-c2nc3ncc(NS(C)(=O)=O)nc3n2-c2c(OC)cccc2OC)n1.[Mg]. The lowest BCUT2D eigenvalue weighted by Gasteiger charge is -2.16. The number of benzene rings is 1. The third-order valence-electron chi connectivity index (χ3n) is 4.53. The van der Waals surface area contributed by atoms with Crippen molar-refractivity contribution >= 4 is 50.2 Å². The molecule has 0 spiro atoms. The van der Waals surface area contributed by atoms with Crippen molar-refractivity contribution in [2.75, 3.05) is 31.8 Å². The maximum absolute atomic E-state index is 11.8. The highest BCUT2D eigenvalue weighted by molar-refractivity contribution is 7.92. The van der Waals surface area contributed by atoms with E-state index >= 15 is 0 Å². The molecule has 11 nitrogen and oxygen atoms in total. The van der Waals surface area contributed by atoms with Crippen LogP contribution >= 0.6 is 0 Å². The van der Waals surface area contributed by atoms with Crippen molar-refractivity contribution in [1.82, 2.24) is 24.5 Å². The van der Waals surface area contributed by atoms with Crippen LogP contribution in [0.15, 0.2) is 42.6 Å². The Morgan fingerprint density at radius 1 is 1.00 bits per heavy atom. The summed E-state index contributed by atoms with van der Waals surface area (Å²) >= 11 is 0. The standard InChI is InChI=1S/C21H22N6O5S.Mg/c1-5-32-17-11-6-8-13(23-17)20-25-19-21(24-16(12-22-19)26-33(4,28)29)27(20)18-14(30-2)9-7-10-15(18)31-3;/h6-12H,5H2,1-4H3,(H,24,26);. The summed E-state index contributed by atoms with van der Waals surface area (Å²) in [6.45, 7) is 2.32. The van der Waals surface area contributed by atoms with Crippen LogP contribution < -0.4 is 18.9 Å². The minimum Gasteiger partial charge on any atom is -0.494 e. The minimum absolute atomic E-state index is 0. The Morgan fingerprint density at radius 3 is 2.29 bits per heavy atom. The molecule has 3 heterocycles. The molecule has 0 amide bonds. The van der Waals surface area contributed by atoms with Crippen LogP contribution in [0.4, 0.5) is 5.82 Å². The average Bonchev–Trinajstić information content (AvgIpc) is 3.16. The van der Waals surface area contributed by atoms with Gasteiger partial charge in [-0.2, -0.15) is 0 Å². The zero-order valence-corrected chi connectivity index (χ0v) is 21.4. The number of aromatic nitrogens is 5. The van der Waals surface area contributed by atoms with Gasteiger partial charge in [0.1, 0.15) is 22.9 Å². The van der Waals surface area contributed by atoms with Crippen molar-refractivity contribution in [1.29, 1.82) is 0 Å². The number of hydrogen-bond donors (Lipinski definition) is 1. The van der Waals surface area contributed by atoms with Gasteiger partial charge in [0.2, 0.25) is 15.9 Å². The number of anilines is 1. The first-order valence-corrected chi connectivity index (χ1v) is 11.8. The van der Waals surface area contributed by atoms with Crippen LogP contribution in [-0.2, 0) is 10.0 Å². The molecule has 0 atom stereocenters. The predicted molar refractivity (Wildman–Crippen MR) is 128 cm³/mol. The maximum atomic E-state index is 11.8. The van der Waals surface area contributed by atoms with Gasteiger partial charge in [-0.1, -0.05) is 12.1 Å². The van der Waals surface area contributed by atoms with Gasteiger partial charge in [0, 0.05) is 29.1 Å². The lowest BCUT2D eigenvalue weighted by molar-refractivity contribution is 0.327. The summed E-state index contributed by atoms with van der Waals surface area (Å²) in [5, 5.41) is 0. The highest BCUT2D eigenvalue weighted by Gasteiger charge is 2.24. The van der Waals surface area contributed by atoms with Crippen molar-refractivity contribution in [2.24, 2.45) is 0 Å². The summed E-state index contributed by atoms with van der Waals surface area (Å²) in [5.74, 6) is 1.84. The second-order valence-electron chi connectivity index (χ2n) is 6.85. The number of pyridine rings is 1. The number of para-hydroxylation sites is 1. The topological polar surface area (TPSA) is 130 Å². The normalized spacial score (nSPS) is 11.1. The number of ether oxygens (including phenoxy) is 3. The lowest BCUT2D eigenvalue weighted by Crippen LogP contribution is -2.12. The Hall–Kier alpha value is -3.16. The molecular formula is C21H22MgN6O5S. The highest BCUT2D eigenvalue weighted by Crippen LogP contribution is 2.37. The third kappa shape index (κ3) is 5.16. The van der Waals surface area contributed by atoms with E-state index in [4.69, 9.17) is 14.2 Å². The Balaban J connectivity index is 0.00000324. The lowest BCUT2D eigenvalue weighted by atomic mass is 10.2. The molecule has 2 radical (unpaired) electrons. The van der Waals surface area contributed by atoms with Crippen LogP contribution in [0, 0.1) is 0 Å². The number of hydrogen-bond acceptors (Lipinski definition) is 9. The smallest absolute Gasteiger partial charge is 0.231 e. The number of imidazole rings is 1. The molecule has 0 saturated heterocycles. The van der Waals surface area contributed by atoms with Gasteiger partial charge in [0.05, 0.1) is 33.3 Å². The van der Waals surface area contributed by atoms with Crippen LogP contribution in [0.1, 0.15) is 6.92 Å². The molecule has 0 aliphatic rings. The van der Waals surface area contributed by atoms with Crippen LogP contribution in [0.2, 0.25) is 0 Å². The number of fused-ring (bicyclic) bond motifs is 1. The van der Waals surface area contributed by atoms with Crippen molar-refractivity contribution < 1.29 is 22.6 Å². The summed E-state index contributed by atoms with van der Waals surface area (Å²) in [7, 11) is -0.497. The summed E-state index contributed by atoms with van der Waals surface area (Å²) < 4.78 is 44.2. The number of nitrogens with one attached hydrogen (secondary N) is 1. The minimum atomic E-state index is -3.57. The van der Waals surface area contributed by atoms with Gasteiger partial charge in [-0.3, -0.25) is 9.29 Å². The molecule has 1 N–H and O–H groups in total. The van der Waals surface area contributed by atoms with E-state index in [0.29, 0.717) is 41.2 Å². The van der Waals surface area contributed by atoms with Crippen molar-refractivity contribution in [3.05, 3.63) is 42.6 Å². The monoisotopic (exact) mass is 494 g/mol. The molecule has 13 heteroatoms. The first kappa shape index (κ1) is 25.5. The van der Waals surface area contributed by atoms with Crippen LogP contribution in [0.25, 0.3) is 28.5 Å². The molecule has 1 aromatic carbocycles. The average molecular weight is 495 g/mol. The summed E-state index contributed by atoms with van der Waals surface area (Å²) in [6, 6.07) is 10.6. The molecule has 0 bridgehead atoms. The van der Waals surface area contributed by atoms with E-state index in [1.165, 1.54) is 20.4 Å². The molecule has 0 aliphatic heterocycles. The number of sulfonamides is 1. The quantitative estimate of drug-likeness (QED) is 0.366. The first-order chi connectivity index (χ1) is 15.8. The van der Waals surface area contributed by atoms with E-state index in [-0.39, 0.29) is 40.2 Å². The number of nitrogens with zero attached hydrogens (tertiary/aromatic N) is 5. The van der Waals surface area contributed by atoms with E-state index in [9.17, 15) is 8.42 Å². The molecule has 174 valence electrons. The molecule has 4 aromatic rings. The van der Waals surface area contributed by atoms with Crippen LogP contribution in [0.3, 0.4) is 0 Å². The number of methoxy groups -OCH3 is 2. The second-order valence-corrected chi connectivity index (χ2v) is 8.60. The molecule has 0 saturated carbocycles. The van der Waals surface area contributed by atoms with Crippen LogP contribution in [-0.4, -0.2) is 83.1 Å². The third-order valence-corrected chi connectivity index (χ3v) is 5.11. The number of rotatable bonds is 8. The van der Waals surface area contributed by atoms with E-state index in [1.54, 1.807) is 41.0 Å². The fourth-order valence-corrected chi connectivity index (χ4v) is 3.77. The van der Waals surface area contributed by atoms with Gasteiger partial charge >= 0.3 is 0 Å². The Labute approximate surface area is 212 Å². The summed E-state index contributed by atoms with van der Waals surface area (Å²) in [6.07, 6.45) is 2.34. The van der Waals surface area contributed by atoms with Gasteiger partial charge in [0.25, 0.3) is 0 Å². The van der Waals surface area contributed by atoms with Gasteiger partial charge in [-0.15, -0.1) is 0 Å². The van der Waals surface area contributed by atoms with Gasteiger partial charge in [-0.05, 0) is 25.1 Å². The van der Waals surface area contributed by atoms with E-state index in [1.807, 2.05) is 6.92 Å². The fraction of sp³-hybridized carbons (Fsp3) is 0.238. The van der Waals surface area contributed by atoms with E-state index in [0.717, 1.165) is 6.26 Å². The maximum Gasteiger partial charge on any atom is 0.231 e. The van der Waals surface area contributed by atoms with Crippen LogP contribution in [0.5, 0.6) is 17.4 Å².